The molecule has 0 saturated heterocycles. The molecule has 1 aromatic carbocycles. The van der Waals surface area contributed by atoms with Crippen LogP contribution in [-0.4, -0.2) is 42.9 Å². The van der Waals surface area contributed by atoms with Gasteiger partial charge in [-0.15, -0.1) is 0 Å². The highest BCUT2D eigenvalue weighted by molar-refractivity contribution is 6.05. The van der Waals surface area contributed by atoms with Crippen LogP contribution in [0.15, 0.2) is 18.2 Å². The molecule has 0 radical (unpaired) electrons. The summed E-state index contributed by atoms with van der Waals surface area (Å²) in [5, 5.41) is 2.89. The number of benzene rings is 1. The molecule has 124 valence electrons. The summed E-state index contributed by atoms with van der Waals surface area (Å²) >= 11 is 0. The number of hydrogen-bond acceptors (Lipinski definition) is 3. The van der Waals surface area contributed by atoms with Crippen LogP contribution >= 0.6 is 0 Å². The lowest BCUT2D eigenvalue weighted by atomic mass is 9.94. The zero-order chi connectivity index (χ0) is 16.4. The highest BCUT2D eigenvalue weighted by atomic mass is 19.1. The average molecular weight is 319 g/mol. The molecule has 1 aliphatic heterocycles. The molecule has 0 aromatic heterocycles. The van der Waals surface area contributed by atoms with E-state index in [1.165, 1.54) is 23.5 Å². The lowest BCUT2D eigenvalue weighted by Crippen LogP contribution is -2.48. The molecule has 1 heterocycles. The van der Waals surface area contributed by atoms with Crippen molar-refractivity contribution in [1.82, 2.24) is 4.90 Å². The van der Waals surface area contributed by atoms with Gasteiger partial charge in [-0.1, -0.05) is 19.3 Å². The largest absolute Gasteiger partial charge is 0.374 e. The van der Waals surface area contributed by atoms with Gasteiger partial charge in [0.25, 0.3) is 0 Å². The molecule has 2 aliphatic rings. The number of rotatable bonds is 3. The summed E-state index contributed by atoms with van der Waals surface area (Å²) in [5.74, 6) is -0.604. The molecule has 1 fully saturated rings. The highest BCUT2D eigenvalue weighted by Crippen LogP contribution is 2.30. The second-order valence-corrected chi connectivity index (χ2v) is 6.29. The van der Waals surface area contributed by atoms with Crippen LogP contribution in [0.4, 0.5) is 15.8 Å². The van der Waals surface area contributed by atoms with Gasteiger partial charge in [-0.3, -0.25) is 14.5 Å². The first-order valence-electron chi connectivity index (χ1n) is 8.15. The molecule has 1 aliphatic carbocycles. The van der Waals surface area contributed by atoms with Crippen molar-refractivity contribution in [3.05, 3.63) is 24.0 Å². The predicted molar refractivity (Wildman–Crippen MR) is 86.9 cm³/mol. The highest BCUT2D eigenvalue weighted by Gasteiger charge is 2.29. The Hall–Kier alpha value is -2.11. The number of halogens is 1. The number of nitrogens with one attached hydrogen (secondary N) is 1. The number of likely N-dealkylation sites (N-methyl/N-ethyl adjacent to an activating group) is 1. The molecule has 1 N–H and O–H groups in total. The minimum absolute atomic E-state index is 0.00610. The van der Waals surface area contributed by atoms with Gasteiger partial charge in [0.1, 0.15) is 12.4 Å². The van der Waals surface area contributed by atoms with Crippen molar-refractivity contribution in [2.24, 2.45) is 0 Å². The number of hydrogen-bond donors (Lipinski definition) is 1. The summed E-state index contributed by atoms with van der Waals surface area (Å²) in [6, 6.07) is 4.47. The first-order chi connectivity index (χ1) is 11.1. The smallest absolute Gasteiger partial charge is 0.246 e. The molecule has 2 amide bonds. The van der Waals surface area contributed by atoms with Gasteiger partial charge in [-0.2, -0.15) is 0 Å². The van der Waals surface area contributed by atoms with Crippen LogP contribution in [0.2, 0.25) is 0 Å². The quantitative estimate of drug-likeness (QED) is 0.930. The normalized spacial score (nSPS) is 18.3. The van der Waals surface area contributed by atoms with Crippen LogP contribution in [0.1, 0.15) is 32.1 Å². The number of carbonyl (C=O) groups excluding carboxylic acids is 2. The van der Waals surface area contributed by atoms with E-state index in [4.69, 9.17) is 0 Å². The first-order valence-corrected chi connectivity index (χ1v) is 8.15. The minimum Gasteiger partial charge on any atom is -0.374 e. The third kappa shape index (κ3) is 3.30. The van der Waals surface area contributed by atoms with E-state index in [0.717, 1.165) is 25.7 Å². The fourth-order valence-electron chi connectivity index (χ4n) is 3.38. The molecule has 3 rings (SSSR count). The number of nitrogens with zero attached hydrogens (tertiary/aromatic N) is 2. The standard InChI is InChI=1S/C17H22FN3O2/c1-20(13-5-3-2-4-6-13)17(23)11-21-15-8-7-12(18)9-14(15)19-10-16(21)22/h7-9,13,19H,2-6,10-11H2,1H3. The van der Waals surface area contributed by atoms with E-state index >= 15 is 0 Å². The Morgan fingerprint density at radius 3 is 2.83 bits per heavy atom. The molecular weight excluding hydrogens is 297 g/mol. The fourth-order valence-corrected chi connectivity index (χ4v) is 3.38. The Bertz CT molecular complexity index is 614. The van der Waals surface area contributed by atoms with Gasteiger partial charge in [0.05, 0.1) is 17.9 Å². The zero-order valence-electron chi connectivity index (χ0n) is 13.3. The fraction of sp³-hybridized carbons (Fsp3) is 0.529. The maximum absolute atomic E-state index is 13.3. The monoisotopic (exact) mass is 319 g/mol. The van der Waals surface area contributed by atoms with Crippen LogP contribution in [0.5, 0.6) is 0 Å². The summed E-state index contributed by atoms with van der Waals surface area (Å²) in [6.45, 7) is 0.0863. The van der Waals surface area contributed by atoms with E-state index in [2.05, 4.69) is 5.32 Å². The summed E-state index contributed by atoms with van der Waals surface area (Å²) in [5.41, 5.74) is 1.12. The van der Waals surface area contributed by atoms with Crippen LogP contribution < -0.4 is 10.2 Å². The van der Waals surface area contributed by atoms with Crippen molar-refractivity contribution in [2.75, 3.05) is 30.4 Å². The lowest BCUT2D eigenvalue weighted by Gasteiger charge is -2.34. The van der Waals surface area contributed by atoms with Crippen molar-refractivity contribution in [3.63, 3.8) is 0 Å². The molecule has 0 spiro atoms. The molecular formula is C17H22FN3O2. The Morgan fingerprint density at radius 1 is 1.35 bits per heavy atom. The Labute approximate surface area is 135 Å². The van der Waals surface area contributed by atoms with Gasteiger partial charge in [-0.05, 0) is 31.0 Å². The summed E-state index contributed by atoms with van der Waals surface area (Å²) in [4.78, 5) is 28.0. The Kier molecular flexibility index (Phi) is 4.50. The molecule has 6 heteroatoms. The Balaban J connectivity index is 1.74. The van der Waals surface area contributed by atoms with Gasteiger partial charge in [0, 0.05) is 13.1 Å². The zero-order valence-corrected chi connectivity index (χ0v) is 13.3. The average Bonchev–Trinajstić information content (AvgIpc) is 2.57. The van der Waals surface area contributed by atoms with Crippen molar-refractivity contribution in [2.45, 2.75) is 38.1 Å². The summed E-state index contributed by atoms with van der Waals surface area (Å²) in [6.07, 6.45) is 5.58. The summed E-state index contributed by atoms with van der Waals surface area (Å²) in [7, 11) is 1.82. The maximum Gasteiger partial charge on any atom is 0.246 e. The van der Waals surface area contributed by atoms with Crippen molar-refractivity contribution in [3.8, 4) is 0 Å². The number of fused-ring (bicyclic) bond motifs is 1. The van der Waals surface area contributed by atoms with E-state index in [1.807, 2.05) is 7.05 Å². The molecule has 1 aromatic rings. The second kappa shape index (κ2) is 6.56. The number of anilines is 2. The minimum atomic E-state index is -0.365. The van der Waals surface area contributed by atoms with Crippen molar-refractivity contribution < 1.29 is 14.0 Å². The first kappa shape index (κ1) is 15.8. The van der Waals surface area contributed by atoms with E-state index < -0.39 is 0 Å². The van der Waals surface area contributed by atoms with Gasteiger partial charge < -0.3 is 10.2 Å². The van der Waals surface area contributed by atoms with Crippen LogP contribution in [-0.2, 0) is 9.59 Å². The molecule has 1 saturated carbocycles. The lowest BCUT2D eigenvalue weighted by molar-refractivity contribution is -0.132. The molecule has 0 atom stereocenters. The van der Waals surface area contributed by atoms with E-state index in [9.17, 15) is 14.0 Å². The maximum atomic E-state index is 13.3. The summed E-state index contributed by atoms with van der Waals surface area (Å²) < 4.78 is 13.3. The third-order valence-corrected chi connectivity index (χ3v) is 4.79. The molecule has 0 bridgehead atoms. The van der Waals surface area contributed by atoms with Gasteiger partial charge >= 0.3 is 0 Å². The predicted octanol–water partition coefficient (Wildman–Crippen LogP) is 2.38. The van der Waals surface area contributed by atoms with E-state index in [1.54, 1.807) is 11.0 Å². The molecule has 0 unspecified atom stereocenters. The van der Waals surface area contributed by atoms with E-state index in [0.29, 0.717) is 11.4 Å². The molecule has 5 nitrogen and oxygen atoms in total. The SMILES string of the molecule is CN(C(=O)CN1C(=O)CNc2cc(F)ccc21)C1CCCCC1. The Morgan fingerprint density at radius 2 is 2.09 bits per heavy atom. The number of amides is 2. The van der Waals surface area contributed by atoms with Crippen LogP contribution in [0, 0.1) is 5.82 Å². The van der Waals surface area contributed by atoms with Gasteiger partial charge in [-0.25, -0.2) is 4.39 Å². The van der Waals surface area contributed by atoms with E-state index in [-0.39, 0.29) is 36.8 Å². The molecule has 23 heavy (non-hydrogen) atoms. The van der Waals surface area contributed by atoms with Crippen molar-refractivity contribution in [1.29, 1.82) is 0 Å². The van der Waals surface area contributed by atoms with Crippen LogP contribution in [0.3, 0.4) is 0 Å². The van der Waals surface area contributed by atoms with Crippen molar-refractivity contribution >= 4 is 23.2 Å². The van der Waals surface area contributed by atoms with Crippen LogP contribution in [0.25, 0.3) is 0 Å². The number of carbonyl (C=O) groups is 2. The van der Waals surface area contributed by atoms with Gasteiger partial charge in [0.2, 0.25) is 11.8 Å². The second-order valence-electron chi connectivity index (χ2n) is 6.29. The topological polar surface area (TPSA) is 52.7 Å². The van der Waals surface area contributed by atoms with Gasteiger partial charge in [0.15, 0.2) is 0 Å². The third-order valence-electron chi connectivity index (χ3n) is 4.79.